The molecule has 1 N–H and O–H groups in total. The minimum absolute atomic E-state index is 0.265. The molecule has 1 aromatic heterocycles. The number of ether oxygens (including phenoxy) is 3. The quantitative estimate of drug-likeness (QED) is 0.373. The molecule has 3 heterocycles. The highest BCUT2D eigenvalue weighted by atomic mass is 16.7. The van der Waals surface area contributed by atoms with Crippen molar-refractivity contribution < 1.29 is 14.2 Å². The van der Waals surface area contributed by atoms with Gasteiger partial charge in [0.2, 0.25) is 6.79 Å². The fourth-order valence-corrected chi connectivity index (χ4v) is 5.08. The van der Waals surface area contributed by atoms with Gasteiger partial charge in [-0.1, -0.05) is 23.8 Å². The van der Waals surface area contributed by atoms with E-state index in [-0.39, 0.29) is 6.79 Å². The topological polar surface area (TPSA) is 50.0 Å². The first kappa shape index (κ1) is 21.9. The summed E-state index contributed by atoms with van der Waals surface area (Å²) in [6.45, 7) is 7.66. The molecule has 180 valence electrons. The number of anilines is 1. The van der Waals surface area contributed by atoms with Crippen molar-refractivity contribution in [1.29, 1.82) is 0 Å². The van der Waals surface area contributed by atoms with Gasteiger partial charge in [-0.15, -0.1) is 0 Å². The zero-order valence-electron chi connectivity index (χ0n) is 20.1. The molecule has 0 bridgehead atoms. The lowest BCUT2D eigenvalue weighted by atomic mass is 10.1. The molecule has 4 aromatic rings. The summed E-state index contributed by atoms with van der Waals surface area (Å²) in [6.07, 6.45) is 4.46. The lowest BCUT2D eigenvalue weighted by Crippen LogP contribution is -2.46. The number of benzene rings is 3. The van der Waals surface area contributed by atoms with Crippen LogP contribution in [0.5, 0.6) is 23.0 Å². The Hall–Kier alpha value is -3.64. The zero-order valence-corrected chi connectivity index (χ0v) is 20.1. The minimum atomic E-state index is 0.265. The molecule has 2 aliphatic heterocycles. The van der Waals surface area contributed by atoms with Crippen LogP contribution >= 0.6 is 0 Å². The summed E-state index contributed by atoms with van der Waals surface area (Å²) in [7, 11) is 0. The van der Waals surface area contributed by atoms with E-state index in [9.17, 15) is 0 Å². The number of nitrogens with zero attached hydrogens (tertiary/aromatic N) is 2. The number of nitrogens with one attached hydrogen (secondary N) is 1. The molecular formula is C29H31N3O3. The van der Waals surface area contributed by atoms with Crippen molar-refractivity contribution in [3.8, 4) is 23.0 Å². The normalized spacial score (nSPS) is 15.6. The highest BCUT2D eigenvalue weighted by molar-refractivity contribution is 5.83. The van der Waals surface area contributed by atoms with Crippen molar-refractivity contribution in [2.75, 3.05) is 44.4 Å². The first-order chi connectivity index (χ1) is 17.2. The SMILES string of the molecule is Cc1ccc2[nH]cc(CCCN3CCN(c4ccccc4Oc4ccc5c(c4)OCO5)CC3)c2c1. The van der Waals surface area contributed by atoms with Gasteiger partial charge >= 0.3 is 0 Å². The van der Waals surface area contributed by atoms with Gasteiger partial charge in [-0.25, -0.2) is 0 Å². The Bertz CT molecular complexity index is 1320. The fourth-order valence-electron chi connectivity index (χ4n) is 5.08. The first-order valence-corrected chi connectivity index (χ1v) is 12.4. The van der Waals surface area contributed by atoms with E-state index in [2.05, 4.69) is 58.2 Å². The molecule has 1 fully saturated rings. The number of H-pyrrole nitrogens is 1. The lowest BCUT2D eigenvalue weighted by Gasteiger charge is -2.36. The van der Waals surface area contributed by atoms with Crippen molar-refractivity contribution in [2.45, 2.75) is 19.8 Å². The smallest absolute Gasteiger partial charge is 0.231 e. The lowest BCUT2D eigenvalue weighted by molar-refractivity contribution is 0.174. The van der Waals surface area contributed by atoms with Crippen LogP contribution in [0.1, 0.15) is 17.5 Å². The van der Waals surface area contributed by atoms with E-state index in [0.717, 1.165) is 67.8 Å². The first-order valence-electron chi connectivity index (χ1n) is 12.4. The number of aryl methyl sites for hydroxylation is 2. The molecule has 0 unspecified atom stereocenters. The Morgan fingerprint density at radius 2 is 1.77 bits per heavy atom. The highest BCUT2D eigenvalue weighted by Crippen LogP contribution is 2.39. The van der Waals surface area contributed by atoms with Crippen molar-refractivity contribution >= 4 is 16.6 Å². The van der Waals surface area contributed by atoms with Gasteiger partial charge in [0.15, 0.2) is 17.2 Å². The predicted octanol–water partition coefficient (Wildman–Crippen LogP) is 5.75. The van der Waals surface area contributed by atoms with Crippen LogP contribution in [-0.4, -0.2) is 49.4 Å². The second-order valence-corrected chi connectivity index (χ2v) is 9.38. The van der Waals surface area contributed by atoms with Crippen molar-refractivity contribution in [3.05, 3.63) is 78.0 Å². The van der Waals surface area contributed by atoms with Crippen LogP contribution in [-0.2, 0) is 6.42 Å². The Labute approximate surface area is 206 Å². The number of aromatic nitrogens is 1. The number of hydrogen-bond acceptors (Lipinski definition) is 5. The molecule has 0 saturated carbocycles. The standard InChI is InChI=1S/C29H31N3O3/c1-21-8-10-25-24(17-21)22(19-30-25)5-4-12-31-13-15-32(16-14-31)26-6-2-3-7-27(26)35-23-9-11-28-29(18-23)34-20-33-28/h2-3,6-11,17-19,30H,4-5,12-16,20H2,1H3. The predicted molar refractivity (Wildman–Crippen MR) is 139 cm³/mol. The third-order valence-electron chi connectivity index (χ3n) is 6.99. The Morgan fingerprint density at radius 1 is 0.914 bits per heavy atom. The van der Waals surface area contributed by atoms with E-state index in [1.165, 1.54) is 28.5 Å². The maximum absolute atomic E-state index is 6.27. The average molecular weight is 470 g/mol. The number of piperazine rings is 1. The van der Waals surface area contributed by atoms with Crippen LogP contribution in [0, 0.1) is 6.92 Å². The molecule has 0 amide bonds. The Morgan fingerprint density at radius 3 is 2.69 bits per heavy atom. The number of hydrogen-bond donors (Lipinski definition) is 1. The Balaban J connectivity index is 1.04. The van der Waals surface area contributed by atoms with Gasteiger partial charge in [0.1, 0.15) is 5.75 Å². The molecule has 0 radical (unpaired) electrons. The Kier molecular flexibility index (Phi) is 5.96. The second kappa shape index (κ2) is 9.55. The molecule has 6 heteroatoms. The molecule has 0 spiro atoms. The number of aromatic amines is 1. The number of para-hydroxylation sites is 2. The number of fused-ring (bicyclic) bond motifs is 2. The average Bonchev–Trinajstić information content (AvgIpc) is 3.51. The largest absolute Gasteiger partial charge is 0.455 e. The maximum atomic E-state index is 6.27. The summed E-state index contributed by atoms with van der Waals surface area (Å²) < 4.78 is 17.2. The minimum Gasteiger partial charge on any atom is -0.455 e. The fraction of sp³-hybridized carbons (Fsp3) is 0.310. The van der Waals surface area contributed by atoms with E-state index in [0.29, 0.717) is 0 Å². The van der Waals surface area contributed by atoms with Crippen LogP contribution in [0.25, 0.3) is 10.9 Å². The van der Waals surface area contributed by atoms with E-state index < -0.39 is 0 Å². The van der Waals surface area contributed by atoms with Crippen LogP contribution in [0.4, 0.5) is 5.69 Å². The van der Waals surface area contributed by atoms with Gasteiger partial charge < -0.3 is 24.1 Å². The second-order valence-electron chi connectivity index (χ2n) is 9.38. The van der Waals surface area contributed by atoms with E-state index >= 15 is 0 Å². The van der Waals surface area contributed by atoms with Gasteiger partial charge in [0, 0.05) is 49.3 Å². The van der Waals surface area contributed by atoms with Gasteiger partial charge in [0.05, 0.1) is 5.69 Å². The highest BCUT2D eigenvalue weighted by Gasteiger charge is 2.21. The number of rotatable bonds is 7. The summed E-state index contributed by atoms with van der Waals surface area (Å²) in [5, 5.41) is 1.37. The third-order valence-corrected chi connectivity index (χ3v) is 6.99. The van der Waals surface area contributed by atoms with E-state index in [1.54, 1.807) is 0 Å². The molecule has 35 heavy (non-hydrogen) atoms. The summed E-state index contributed by atoms with van der Waals surface area (Å²) in [5.41, 5.74) is 5.12. The summed E-state index contributed by atoms with van der Waals surface area (Å²) >= 11 is 0. The molecule has 0 atom stereocenters. The molecular weight excluding hydrogens is 438 g/mol. The van der Waals surface area contributed by atoms with Gasteiger partial charge in [-0.3, -0.25) is 4.90 Å². The summed E-state index contributed by atoms with van der Waals surface area (Å²) in [4.78, 5) is 8.43. The molecule has 3 aromatic carbocycles. The molecule has 6 rings (SSSR count). The summed E-state index contributed by atoms with van der Waals surface area (Å²) in [5.74, 6) is 3.13. The molecule has 2 aliphatic rings. The van der Waals surface area contributed by atoms with Crippen molar-refractivity contribution in [2.24, 2.45) is 0 Å². The van der Waals surface area contributed by atoms with Crippen LogP contribution < -0.4 is 19.1 Å². The zero-order chi connectivity index (χ0) is 23.6. The van der Waals surface area contributed by atoms with Crippen LogP contribution in [0.15, 0.2) is 66.9 Å². The maximum Gasteiger partial charge on any atom is 0.231 e. The van der Waals surface area contributed by atoms with E-state index in [1.807, 2.05) is 30.3 Å². The molecule has 6 nitrogen and oxygen atoms in total. The van der Waals surface area contributed by atoms with E-state index in [4.69, 9.17) is 14.2 Å². The van der Waals surface area contributed by atoms with Crippen molar-refractivity contribution in [1.82, 2.24) is 9.88 Å². The van der Waals surface area contributed by atoms with Gasteiger partial charge in [0.25, 0.3) is 0 Å². The monoisotopic (exact) mass is 469 g/mol. The van der Waals surface area contributed by atoms with Crippen LogP contribution in [0.2, 0.25) is 0 Å². The summed E-state index contributed by atoms with van der Waals surface area (Å²) in [6, 6.07) is 20.7. The van der Waals surface area contributed by atoms with Gasteiger partial charge in [-0.2, -0.15) is 0 Å². The molecule has 0 aliphatic carbocycles. The van der Waals surface area contributed by atoms with Crippen molar-refractivity contribution in [3.63, 3.8) is 0 Å². The van der Waals surface area contributed by atoms with Crippen LogP contribution in [0.3, 0.4) is 0 Å². The molecule has 1 saturated heterocycles. The third kappa shape index (κ3) is 4.66. The van der Waals surface area contributed by atoms with Gasteiger partial charge in [-0.05, 0) is 68.3 Å².